The number of anilines is 2. The van der Waals surface area contributed by atoms with Crippen molar-refractivity contribution in [2.24, 2.45) is 0 Å². The highest BCUT2D eigenvalue weighted by atomic mass is 16.3. The van der Waals surface area contributed by atoms with Gasteiger partial charge in [0, 0.05) is 44.1 Å². The fourth-order valence-electron chi connectivity index (χ4n) is 3.31. The van der Waals surface area contributed by atoms with Crippen LogP contribution >= 0.6 is 0 Å². The number of rotatable bonds is 4. The predicted octanol–water partition coefficient (Wildman–Crippen LogP) is 1.66. The van der Waals surface area contributed by atoms with Gasteiger partial charge in [-0.15, -0.1) is 0 Å². The zero-order valence-electron chi connectivity index (χ0n) is 16.2. The Balaban J connectivity index is 1.27. The van der Waals surface area contributed by atoms with Crippen LogP contribution in [0.25, 0.3) is 11.0 Å². The van der Waals surface area contributed by atoms with Crippen molar-refractivity contribution in [2.75, 3.05) is 42.9 Å². The standard InChI is InChI=1S/C21H21N5O4/c27-17-6-12-30-18-5-4-15(13-16(17)18)24-20(28)14-23-21(29)26-10-8-25(9-11-26)19-3-1-2-7-22-19/h1-7,12-13H,8-11,14H2,(H,23,29)(H,24,28). The maximum atomic E-state index is 12.4. The van der Waals surface area contributed by atoms with Gasteiger partial charge in [-0.2, -0.15) is 0 Å². The Labute approximate surface area is 172 Å². The summed E-state index contributed by atoms with van der Waals surface area (Å²) in [5, 5.41) is 5.69. The number of benzene rings is 1. The molecular formula is C21H21N5O4. The SMILES string of the molecule is O=C(CNC(=O)N1CCN(c2ccccn2)CC1)Nc1ccc2occc(=O)c2c1. The second-order valence-corrected chi connectivity index (χ2v) is 6.86. The number of fused-ring (bicyclic) bond motifs is 1. The van der Waals surface area contributed by atoms with Crippen LogP contribution in [0.15, 0.2) is 64.1 Å². The van der Waals surface area contributed by atoms with E-state index in [1.807, 2.05) is 18.2 Å². The van der Waals surface area contributed by atoms with E-state index in [-0.39, 0.29) is 23.9 Å². The Bertz CT molecular complexity index is 1110. The third-order valence-electron chi connectivity index (χ3n) is 4.88. The van der Waals surface area contributed by atoms with Crippen LogP contribution in [0, 0.1) is 0 Å². The highest BCUT2D eigenvalue weighted by Gasteiger charge is 2.22. The van der Waals surface area contributed by atoms with Gasteiger partial charge in [-0.3, -0.25) is 9.59 Å². The monoisotopic (exact) mass is 407 g/mol. The average molecular weight is 407 g/mol. The molecule has 0 bridgehead atoms. The Morgan fingerprint density at radius 2 is 1.90 bits per heavy atom. The molecule has 2 aromatic heterocycles. The third-order valence-corrected chi connectivity index (χ3v) is 4.88. The van der Waals surface area contributed by atoms with Gasteiger partial charge in [0.05, 0.1) is 18.2 Å². The van der Waals surface area contributed by atoms with Crippen molar-refractivity contribution in [3.05, 3.63) is 65.1 Å². The van der Waals surface area contributed by atoms with Gasteiger partial charge in [-0.25, -0.2) is 9.78 Å². The summed E-state index contributed by atoms with van der Waals surface area (Å²) >= 11 is 0. The second kappa shape index (κ2) is 8.64. The molecule has 3 heterocycles. The first kappa shape index (κ1) is 19.4. The molecule has 2 N–H and O–H groups in total. The quantitative estimate of drug-likeness (QED) is 0.681. The van der Waals surface area contributed by atoms with Gasteiger partial charge < -0.3 is 24.9 Å². The minimum atomic E-state index is -0.379. The number of hydrogen-bond donors (Lipinski definition) is 2. The fourth-order valence-corrected chi connectivity index (χ4v) is 3.31. The maximum Gasteiger partial charge on any atom is 0.317 e. The Hall–Kier alpha value is -3.88. The summed E-state index contributed by atoms with van der Waals surface area (Å²) in [5.74, 6) is 0.511. The van der Waals surface area contributed by atoms with E-state index < -0.39 is 0 Å². The molecule has 1 aliphatic heterocycles. The van der Waals surface area contributed by atoms with Crippen molar-refractivity contribution in [1.82, 2.24) is 15.2 Å². The number of nitrogens with one attached hydrogen (secondary N) is 2. The summed E-state index contributed by atoms with van der Waals surface area (Å²) in [6.45, 7) is 2.28. The van der Waals surface area contributed by atoms with Crippen LogP contribution in [0.1, 0.15) is 0 Å². The van der Waals surface area contributed by atoms with Crippen LogP contribution < -0.4 is 21.0 Å². The number of carbonyl (C=O) groups is 2. The molecule has 154 valence electrons. The van der Waals surface area contributed by atoms with Crippen LogP contribution in [0.2, 0.25) is 0 Å². The van der Waals surface area contributed by atoms with E-state index in [2.05, 4.69) is 20.5 Å². The molecule has 0 atom stereocenters. The van der Waals surface area contributed by atoms with Crippen molar-refractivity contribution < 1.29 is 14.0 Å². The van der Waals surface area contributed by atoms with Crippen molar-refractivity contribution in [1.29, 1.82) is 0 Å². The topological polar surface area (TPSA) is 108 Å². The first-order chi connectivity index (χ1) is 14.6. The molecule has 30 heavy (non-hydrogen) atoms. The lowest BCUT2D eigenvalue weighted by Crippen LogP contribution is -2.52. The highest BCUT2D eigenvalue weighted by molar-refractivity contribution is 5.96. The molecule has 1 aliphatic rings. The molecule has 9 heteroatoms. The number of aromatic nitrogens is 1. The fraction of sp³-hybridized carbons (Fsp3) is 0.238. The molecule has 3 aromatic rings. The zero-order chi connectivity index (χ0) is 20.9. The molecule has 0 saturated carbocycles. The van der Waals surface area contributed by atoms with Crippen molar-refractivity contribution in [3.8, 4) is 0 Å². The number of amides is 3. The summed E-state index contributed by atoms with van der Waals surface area (Å²) in [6, 6.07) is 11.6. The summed E-state index contributed by atoms with van der Waals surface area (Å²) in [4.78, 5) is 44.6. The molecule has 9 nitrogen and oxygen atoms in total. The van der Waals surface area contributed by atoms with E-state index in [4.69, 9.17) is 4.42 Å². The molecular weight excluding hydrogens is 386 g/mol. The summed E-state index contributed by atoms with van der Waals surface area (Å²) in [5.41, 5.74) is 0.716. The predicted molar refractivity (Wildman–Crippen MR) is 113 cm³/mol. The van der Waals surface area contributed by atoms with Gasteiger partial charge in [0.2, 0.25) is 5.91 Å². The Kier molecular flexibility index (Phi) is 5.60. The van der Waals surface area contributed by atoms with Crippen molar-refractivity contribution in [2.45, 2.75) is 0 Å². The van der Waals surface area contributed by atoms with E-state index in [0.29, 0.717) is 42.8 Å². The molecule has 0 radical (unpaired) electrons. The number of nitrogens with zero attached hydrogens (tertiary/aromatic N) is 3. The van der Waals surface area contributed by atoms with E-state index in [0.717, 1.165) is 5.82 Å². The number of carbonyl (C=O) groups excluding carboxylic acids is 2. The van der Waals surface area contributed by atoms with Crippen molar-refractivity contribution in [3.63, 3.8) is 0 Å². The van der Waals surface area contributed by atoms with Gasteiger partial charge in [-0.05, 0) is 30.3 Å². The van der Waals surface area contributed by atoms with Crippen LogP contribution in [0.3, 0.4) is 0 Å². The number of piperazine rings is 1. The van der Waals surface area contributed by atoms with Gasteiger partial charge in [-0.1, -0.05) is 6.07 Å². The molecule has 1 aromatic carbocycles. The van der Waals surface area contributed by atoms with Gasteiger partial charge >= 0.3 is 6.03 Å². The first-order valence-corrected chi connectivity index (χ1v) is 9.60. The Morgan fingerprint density at radius 3 is 2.67 bits per heavy atom. The lowest BCUT2D eigenvalue weighted by atomic mass is 10.2. The summed E-state index contributed by atoms with van der Waals surface area (Å²) in [7, 11) is 0. The molecule has 3 amide bonds. The average Bonchev–Trinajstić information content (AvgIpc) is 2.79. The zero-order valence-corrected chi connectivity index (χ0v) is 16.2. The molecule has 4 rings (SSSR count). The second-order valence-electron chi connectivity index (χ2n) is 6.86. The summed E-state index contributed by atoms with van der Waals surface area (Å²) < 4.78 is 5.25. The number of pyridine rings is 1. The lowest BCUT2D eigenvalue weighted by Gasteiger charge is -2.35. The van der Waals surface area contributed by atoms with Crippen LogP contribution in [0.5, 0.6) is 0 Å². The molecule has 0 unspecified atom stereocenters. The van der Waals surface area contributed by atoms with E-state index in [1.165, 1.54) is 12.3 Å². The normalized spacial score (nSPS) is 13.9. The largest absolute Gasteiger partial charge is 0.464 e. The van der Waals surface area contributed by atoms with Gasteiger partial charge in [0.15, 0.2) is 5.43 Å². The van der Waals surface area contributed by atoms with E-state index in [1.54, 1.807) is 29.3 Å². The van der Waals surface area contributed by atoms with Gasteiger partial charge in [0.25, 0.3) is 0 Å². The molecule has 0 spiro atoms. The number of hydrogen-bond acceptors (Lipinski definition) is 6. The van der Waals surface area contributed by atoms with Crippen LogP contribution in [-0.4, -0.2) is 54.5 Å². The molecule has 1 fully saturated rings. The first-order valence-electron chi connectivity index (χ1n) is 9.60. The van der Waals surface area contributed by atoms with E-state index in [9.17, 15) is 14.4 Å². The van der Waals surface area contributed by atoms with Crippen LogP contribution in [-0.2, 0) is 4.79 Å². The Morgan fingerprint density at radius 1 is 1.07 bits per heavy atom. The smallest absolute Gasteiger partial charge is 0.317 e. The van der Waals surface area contributed by atoms with Crippen molar-refractivity contribution >= 4 is 34.4 Å². The molecule has 1 saturated heterocycles. The molecule has 0 aliphatic carbocycles. The van der Waals surface area contributed by atoms with Gasteiger partial charge in [0.1, 0.15) is 11.4 Å². The maximum absolute atomic E-state index is 12.4. The summed E-state index contributed by atoms with van der Waals surface area (Å²) in [6.07, 6.45) is 3.07. The van der Waals surface area contributed by atoms with E-state index >= 15 is 0 Å². The third kappa shape index (κ3) is 4.40. The lowest BCUT2D eigenvalue weighted by molar-refractivity contribution is -0.115. The minimum absolute atomic E-state index is 0.166. The number of urea groups is 1. The minimum Gasteiger partial charge on any atom is -0.464 e. The highest BCUT2D eigenvalue weighted by Crippen LogP contribution is 2.16. The van der Waals surface area contributed by atoms with Crippen LogP contribution in [0.4, 0.5) is 16.3 Å².